The highest BCUT2D eigenvalue weighted by Crippen LogP contribution is 2.26. The van der Waals surface area contributed by atoms with E-state index in [1.807, 2.05) is 6.92 Å². The summed E-state index contributed by atoms with van der Waals surface area (Å²) in [5.41, 5.74) is 1.44. The predicted octanol–water partition coefficient (Wildman–Crippen LogP) is 3.67. The average Bonchev–Trinajstić information content (AvgIpc) is 2.76. The lowest BCUT2D eigenvalue weighted by molar-refractivity contribution is 0.0685. The van der Waals surface area contributed by atoms with Crippen LogP contribution in [0.2, 0.25) is 5.02 Å². The van der Waals surface area contributed by atoms with Gasteiger partial charge in [0.15, 0.2) is 0 Å². The van der Waals surface area contributed by atoms with Gasteiger partial charge < -0.3 is 9.67 Å². The molecule has 2 aromatic rings. The number of aromatic nitrogens is 1. The summed E-state index contributed by atoms with van der Waals surface area (Å²) in [5, 5.41) is 9.09. The number of halogens is 2. The zero-order valence-electron chi connectivity index (χ0n) is 9.65. The molecule has 2 rings (SSSR count). The van der Waals surface area contributed by atoms with E-state index in [1.165, 1.54) is 18.2 Å². The number of nitrogens with zero attached hydrogens (tertiary/aromatic N) is 1. The third-order valence-electron chi connectivity index (χ3n) is 2.73. The molecule has 0 fully saturated rings. The molecular formula is C13H11ClFNO2. The van der Waals surface area contributed by atoms with Gasteiger partial charge >= 0.3 is 5.97 Å². The first-order chi connectivity index (χ1) is 8.54. The van der Waals surface area contributed by atoms with Gasteiger partial charge in [-0.1, -0.05) is 17.7 Å². The maximum Gasteiger partial charge on any atom is 0.352 e. The van der Waals surface area contributed by atoms with Crippen LogP contribution in [0.5, 0.6) is 0 Å². The SMILES string of the molecule is CCn1c(C(=O)O)ccc1-c1ccc(Cl)c(F)c1. The molecule has 0 saturated heterocycles. The van der Waals surface area contributed by atoms with Crippen LogP contribution >= 0.6 is 11.6 Å². The third-order valence-corrected chi connectivity index (χ3v) is 3.04. The molecule has 0 spiro atoms. The second-order valence-electron chi connectivity index (χ2n) is 3.78. The van der Waals surface area contributed by atoms with Crippen LogP contribution in [0.15, 0.2) is 30.3 Å². The largest absolute Gasteiger partial charge is 0.477 e. The molecular weight excluding hydrogens is 257 g/mol. The third kappa shape index (κ3) is 2.11. The predicted molar refractivity (Wildman–Crippen MR) is 67.5 cm³/mol. The number of rotatable bonds is 3. The Hall–Kier alpha value is -1.81. The molecule has 0 atom stereocenters. The van der Waals surface area contributed by atoms with Crippen LogP contribution in [0.3, 0.4) is 0 Å². The van der Waals surface area contributed by atoms with E-state index in [0.29, 0.717) is 17.8 Å². The van der Waals surface area contributed by atoms with Gasteiger partial charge in [0.2, 0.25) is 0 Å². The van der Waals surface area contributed by atoms with Gasteiger partial charge in [-0.2, -0.15) is 0 Å². The highest BCUT2D eigenvalue weighted by atomic mass is 35.5. The van der Waals surface area contributed by atoms with Crippen LogP contribution < -0.4 is 0 Å². The van der Waals surface area contributed by atoms with Gasteiger partial charge in [-0.05, 0) is 31.2 Å². The molecule has 18 heavy (non-hydrogen) atoms. The average molecular weight is 268 g/mol. The Morgan fingerprint density at radius 3 is 2.67 bits per heavy atom. The van der Waals surface area contributed by atoms with Crippen LogP contribution in [-0.4, -0.2) is 15.6 Å². The van der Waals surface area contributed by atoms with Crippen molar-refractivity contribution in [2.75, 3.05) is 0 Å². The highest BCUT2D eigenvalue weighted by molar-refractivity contribution is 6.30. The van der Waals surface area contributed by atoms with E-state index in [9.17, 15) is 9.18 Å². The minimum absolute atomic E-state index is 0.0480. The van der Waals surface area contributed by atoms with Crippen LogP contribution in [-0.2, 0) is 6.54 Å². The van der Waals surface area contributed by atoms with E-state index in [2.05, 4.69) is 0 Å². The van der Waals surface area contributed by atoms with Gasteiger partial charge in [0.05, 0.1) is 5.02 Å². The summed E-state index contributed by atoms with van der Waals surface area (Å²) < 4.78 is 15.0. The zero-order chi connectivity index (χ0) is 13.3. The van der Waals surface area contributed by atoms with E-state index < -0.39 is 11.8 Å². The summed E-state index contributed by atoms with van der Waals surface area (Å²) in [5.74, 6) is -1.52. The molecule has 5 heteroatoms. The molecule has 0 saturated carbocycles. The fraction of sp³-hybridized carbons (Fsp3) is 0.154. The van der Waals surface area contributed by atoms with E-state index in [1.54, 1.807) is 16.7 Å². The Bertz CT molecular complexity index is 607. The summed E-state index contributed by atoms with van der Waals surface area (Å²) in [6.45, 7) is 2.33. The van der Waals surface area contributed by atoms with Gasteiger partial charge in [-0.3, -0.25) is 0 Å². The number of aromatic carboxylic acids is 1. The van der Waals surface area contributed by atoms with Crippen molar-refractivity contribution in [1.29, 1.82) is 0 Å². The molecule has 0 aliphatic carbocycles. The number of hydrogen-bond donors (Lipinski definition) is 1. The van der Waals surface area contributed by atoms with E-state index in [0.717, 1.165) is 0 Å². The topological polar surface area (TPSA) is 42.2 Å². The molecule has 0 bridgehead atoms. The lowest BCUT2D eigenvalue weighted by Gasteiger charge is -2.09. The van der Waals surface area contributed by atoms with Gasteiger partial charge in [0, 0.05) is 17.8 Å². The monoisotopic (exact) mass is 267 g/mol. The van der Waals surface area contributed by atoms with Crippen molar-refractivity contribution < 1.29 is 14.3 Å². The first-order valence-corrected chi connectivity index (χ1v) is 5.80. The molecule has 0 unspecified atom stereocenters. The first-order valence-electron chi connectivity index (χ1n) is 5.42. The quantitative estimate of drug-likeness (QED) is 0.922. The highest BCUT2D eigenvalue weighted by Gasteiger charge is 2.14. The van der Waals surface area contributed by atoms with Crippen molar-refractivity contribution in [1.82, 2.24) is 4.57 Å². The minimum atomic E-state index is -1.00. The fourth-order valence-electron chi connectivity index (χ4n) is 1.90. The Morgan fingerprint density at radius 1 is 1.39 bits per heavy atom. The Labute approximate surface area is 108 Å². The number of hydrogen-bond acceptors (Lipinski definition) is 1. The normalized spacial score (nSPS) is 10.6. The molecule has 0 aliphatic rings. The lowest BCUT2D eigenvalue weighted by Crippen LogP contribution is -2.08. The summed E-state index contributed by atoms with van der Waals surface area (Å²) in [4.78, 5) is 11.0. The second-order valence-corrected chi connectivity index (χ2v) is 4.19. The van der Waals surface area contributed by atoms with Gasteiger partial charge in [-0.25, -0.2) is 9.18 Å². The van der Waals surface area contributed by atoms with Crippen LogP contribution in [0, 0.1) is 5.82 Å². The van der Waals surface area contributed by atoms with Crippen molar-refractivity contribution in [2.45, 2.75) is 13.5 Å². The second kappa shape index (κ2) is 4.82. The van der Waals surface area contributed by atoms with Gasteiger partial charge in [-0.15, -0.1) is 0 Å². The fourth-order valence-corrected chi connectivity index (χ4v) is 2.02. The first kappa shape index (κ1) is 12.6. The molecule has 0 radical (unpaired) electrons. The Morgan fingerprint density at radius 2 is 2.11 bits per heavy atom. The smallest absolute Gasteiger partial charge is 0.352 e. The maximum atomic E-state index is 13.4. The van der Waals surface area contributed by atoms with E-state index >= 15 is 0 Å². The van der Waals surface area contributed by atoms with Crippen molar-refractivity contribution in [3.8, 4) is 11.3 Å². The molecule has 0 aliphatic heterocycles. The molecule has 1 heterocycles. The molecule has 1 aromatic carbocycles. The number of carboxylic acid groups (broad SMARTS) is 1. The Kier molecular flexibility index (Phi) is 3.39. The number of benzene rings is 1. The number of carboxylic acids is 1. The molecule has 94 valence electrons. The summed E-state index contributed by atoms with van der Waals surface area (Å²) >= 11 is 5.62. The molecule has 1 N–H and O–H groups in total. The zero-order valence-corrected chi connectivity index (χ0v) is 10.4. The lowest BCUT2D eigenvalue weighted by atomic mass is 10.1. The Balaban J connectivity index is 2.57. The summed E-state index contributed by atoms with van der Waals surface area (Å²) in [6, 6.07) is 7.59. The molecule has 0 amide bonds. The van der Waals surface area contributed by atoms with Crippen LogP contribution in [0.25, 0.3) is 11.3 Å². The minimum Gasteiger partial charge on any atom is -0.477 e. The van der Waals surface area contributed by atoms with Crippen LogP contribution in [0.4, 0.5) is 4.39 Å². The molecule has 3 nitrogen and oxygen atoms in total. The van der Waals surface area contributed by atoms with Crippen molar-refractivity contribution in [3.05, 3.63) is 46.9 Å². The maximum absolute atomic E-state index is 13.4. The van der Waals surface area contributed by atoms with Crippen LogP contribution in [0.1, 0.15) is 17.4 Å². The van der Waals surface area contributed by atoms with Gasteiger partial charge in [0.1, 0.15) is 11.5 Å². The van der Waals surface area contributed by atoms with Crippen molar-refractivity contribution in [2.24, 2.45) is 0 Å². The van der Waals surface area contributed by atoms with Gasteiger partial charge in [0.25, 0.3) is 0 Å². The summed E-state index contributed by atoms with van der Waals surface area (Å²) in [6.07, 6.45) is 0. The van der Waals surface area contributed by atoms with E-state index in [4.69, 9.17) is 16.7 Å². The van der Waals surface area contributed by atoms with Crippen molar-refractivity contribution >= 4 is 17.6 Å². The number of carbonyl (C=O) groups is 1. The van der Waals surface area contributed by atoms with E-state index in [-0.39, 0.29) is 10.7 Å². The standard InChI is InChI=1S/C13H11ClFNO2/c1-2-16-11(5-6-12(16)13(17)18)8-3-4-9(14)10(15)7-8/h3-7H,2H2,1H3,(H,17,18). The molecule has 1 aromatic heterocycles. The van der Waals surface area contributed by atoms with Crippen molar-refractivity contribution in [3.63, 3.8) is 0 Å². The summed E-state index contributed by atoms with van der Waals surface area (Å²) in [7, 11) is 0.